The van der Waals surface area contributed by atoms with Crippen molar-refractivity contribution in [2.45, 2.75) is 33.2 Å². The van der Waals surface area contributed by atoms with Crippen LogP contribution in [0.25, 0.3) is 33.2 Å². The Hall–Kier alpha value is -4.63. The third-order valence-corrected chi connectivity index (χ3v) is 6.59. The molecule has 0 N–H and O–H groups in total. The van der Waals surface area contributed by atoms with Gasteiger partial charge in [0.1, 0.15) is 5.75 Å². The molecule has 5 rings (SSSR count). The predicted molar refractivity (Wildman–Crippen MR) is 151 cm³/mol. The summed E-state index contributed by atoms with van der Waals surface area (Å²) in [6.07, 6.45) is 9.25. The number of fused-ring (bicyclic) bond motifs is 2. The number of rotatable bonds is 6. The Kier molecular flexibility index (Phi) is 6.37. The van der Waals surface area contributed by atoms with Crippen LogP contribution in [-0.2, 0) is 6.54 Å². The second-order valence-electron chi connectivity index (χ2n) is 9.31. The Morgan fingerprint density at radius 1 is 1.11 bits per heavy atom. The van der Waals surface area contributed by atoms with Gasteiger partial charge in [0.2, 0.25) is 0 Å². The van der Waals surface area contributed by atoms with Crippen molar-refractivity contribution >= 4 is 28.0 Å². The highest BCUT2D eigenvalue weighted by molar-refractivity contribution is 5.99. The molecule has 0 aliphatic rings. The molecule has 0 fully saturated rings. The van der Waals surface area contributed by atoms with Crippen LogP contribution in [-0.4, -0.2) is 27.6 Å². The van der Waals surface area contributed by atoms with E-state index in [1.165, 1.54) is 4.68 Å². The lowest BCUT2D eigenvalue weighted by Crippen LogP contribution is -2.20. The van der Waals surface area contributed by atoms with Crippen molar-refractivity contribution in [1.29, 1.82) is 0 Å². The fourth-order valence-electron chi connectivity index (χ4n) is 4.70. The van der Waals surface area contributed by atoms with Gasteiger partial charge in [-0.3, -0.25) is 4.79 Å². The summed E-state index contributed by atoms with van der Waals surface area (Å²) in [4.78, 5) is 18.6. The summed E-state index contributed by atoms with van der Waals surface area (Å²) in [5.41, 5.74) is 5.09. The zero-order valence-corrected chi connectivity index (χ0v) is 21.4. The van der Waals surface area contributed by atoms with E-state index in [0.29, 0.717) is 23.3 Å². The zero-order chi connectivity index (χ0) is 26.1. The summed E-state index contributed by atoms with van der Waals surface area (Å²) in [7, 11) is 1.67. The van der Waals surface area contributed by atoms with E-state index in [2.05, 4.69) is 25.8 Å². The Labute approximate surface area is 215 Å². The van der Waals surface area contributed by atoms with Gasteiger partial charge in [0.25, 0.3) is 5.56 Å². The summed E-state index contributed by atoms with van der Waals surface area (Å²) >= 11 is 0. The average molecular weight is 489 g/mol. The molecule has 5 aromatic rings. The average Bonchev–Trinajstić information content (AvgIpc) is 3.25. The van der Waals surface area contributed by atoms with Crippen LogP contribution < -0.4 is 10.3 Å². The normalized spacial score (nSPS) is 11.6. The molecule has 6 heteroatoms. The smallest absolute Gasteiger partial charge is 0.282 e. The molecule has 0 amide bonds. The lowest BCUT2D eigenvalue weighted by Gasteiger charge is -2.17. The van der Waals surface area contributed by atoms with E-state index in [-0.39, 0.29) is 11.5 Å². The number of ether oxygens (including phenoxy) is 1. The molecule has 6 nitrogen and oxygen atoms in total. The fourth-order valence-corrected chi connectivity index (χ4v) is 4.70. The van der Waals surface area contributed by atoms with Crippen LogP contribution in [0.15, 0.2) is 76.8 Å². The number of hydrogen-bond acceptors (Lipinski definition) is 4. The standard InChI is InChI=1S/C31H28N4O2/c1-6-15-34-19-22(23-11-8-10-14-28(23)34)18-32-35-30(33-27-13-9-7-12-24(27)31(35)36)26-17-25(20(2)3)29(37-5)16-21(26)4/h1,7-14,16-20H,15H2,2-5H3. The number of para-hydroxylation sites is 2. The molecule has 184 valence electrons. The third kappa shape index (κ3) is 4.30. The number of aromatic nitrogens is 3. The maximum atomic E-state index is 13.7. The molecule has 0 saturated heterocycles. The van der Waals surface area contributed by atoms with E-state index < -0.39 is 0 Å². The van der Waals surface area contributed by atoms with Crippen LogP contribution in [0.3, 0.4) is 0 Å². The molecule has 2 heterocycles. The molecular formula is C31H28N4O2. The van der Waals surface area contributed by atoms with Crippen LogP contribution in [0, 0.1) is 19.3 Å². The molecule has 0 atom stereocenters. The number of nitrogens with zero attached hydrogens (tertiary/aromatic N) is 4. The van der Waals surface area contributed by atoms with E-state index in [0.717, 1.165) is 38.9 Å². The van der Waals surface area contributed by atoms with E-state index in [1.54, 1.807) is 19.4 Å². The van der Waals surface area contributed by atoms with Crippen LogP contribution in [0.5, 0.6) is 5.75 Å². The van der Waals surface area contributed by atoms with Gasteiger partial charge >= 0.3 is 0 Å². The first-order valence-electron chi connectivity index (χ1n) is 12.2. The highest BCUT2D eigenvalue weighted by Crippen LogP contribution is 2.34. The topological polar surface area (TPSA) is 61.4 Å². The van der Waals surface area contributed by atoms with Crippen molar-refractivity contribution in [3.8, 4) is 29.5 Å². The third-order valence-electron chi connectivity index (χ3n) is 6.59. The highest BCUT2D eigenvalue weighted by atomic mass is 16.5. The van der Waals surface area contributed by atoms with Crippen molar-refractivity contribution in [3.63, 3.8) is 0 Å². The van der Waals surface area contributed by atoms with Gasteiger partial charge in [0.05, 0.1) is 30.8 Å². The Bertz CT molecular complexity index is 1770. The van der Waals surface area contributed by atoms with Gasteiger partial charge < -0.3 is 9.30 Å². The number of terminal acetylenes is 1. The molecule has 37 heavy (non-hydrogen) atoms. The summed E-state index contributed by atoms with van der Waals surface area (Å²) in [5, 5.41) is 6.22. The van der Waals surface area contributed by atoms with Crippen molar-refractivity contribution in [3.05, 3.63) is 93.9 Å². The molecule has 0 bridgehead atoms. The first-order chi connectivity index (χ1) is 17.9. The van der Waals surface area contributed by atoms with Gasteiger partial charge in [-0.15, -0.1) is 6.42 Å². The van der Waals surface area contributed by atoms with Crippen molar-refractivity contribution in [1.82, 2.24) is 14.2 Å². The Morgan fingerprint density at radius 3 is 2.57 bits per heavy atom. The zero-order valence-electron chi connectivity index (χ0n) is 21.4. The second-order valence-corrected chi connectivity index (χ2v) is 9.31. The number of methoxy groups -OCH3 is 1. The van der Waals surface area contributed by atoms with E-state index in [9.17, 15) is 4.79 Å². The van der Waals surface area contributed by atoms with Crippen LogP contribution >= 0.6 is 0 Å². The van der Waals surface area contributed by atoms with Gasteiger partial charge in [-0.05, 0) is 54.3 Å². The molecule has 0 radical (unpaired) electrons. The first kappa shape index (κ1) is 24.1. The first-order valence-corrected chi connectivity index (χ1v) is 12.2. The minimum absolute atomic E-state index is 0.223. The predicted octanol–water partition coefficient (Wildman–Crippen LogP) is 5.97. The quantitative estimate of drug-likeness (QED) is 0.218. The van der Waals surface area contributed by atoms with Gasteiger partial charge in [0, 0.05) is 28.2 Å². The molecule has 0 spiro atoms. The Balaban J connectivity index is 1.76. The van der Waals surface area contributed by atoms with Gasteiger partial charge in [0.15, 0.2) is 5.82 Å². The minimum Gasteiger partial charge on any atom is -0.496 e. The number of aryl methyl sites for hydroxylation is 1. The second kappa shape index (κ2) is 9.79. The van der Waals surface area contributed by atoms with Crippen LogP contribution in [0.1, 0.15) is 36.5 Å². The van der Waals surface area contributed by atoms with Crippen molar-refractivity contribution in [2.24, 2.45) is 5.10 Å². The maximum absolute atomic E-state index is 13.7. The molecule has 3 aromatic carbocycles. The van der Waals surface area contributed by atoms with Gasteiger partial charge in [-0.2, -0.15) is 9.78 Å². The monoisotopic (exact) mass is 488 g/mol. The number of hydrogen-bond donors (Lipinski definition) is 0. The van der Waals surface area contributed by atoms with Crippen molar-refractivity contribution in [2.75, 3.05) is 7.11 Å². The molecule has 0 aliphatic carbocycles. The van der Waals surface area contributed by atoms with Crippen LogP contribution in [0.2, 0.25) is 0 Å². The SMILES string of the molecule is C#CCn1cc(C=Nn2c(-c3cc(C(C)C)c(OC)cc3C)nc3ccccc3c2=O)c2ccccc21. The van der Waals surface area contributed by atoms with Gasteiger partial charge in [-0.1, -0.05) is 50.1 Å². The molecule has 2 aromatic heterocycles. The van der Waals surface area contributed by atoms with Crippen molar-refractivity contribution < 1.29 is 4.74 Å². The summed E-state index contributed by atoms with van der Waals surface area (Å²) < 4.78 is 9.03. The largest absolute Gasteiger partial charge is 0.496 e. The van der Waals surface area contributed by atoms with E-state index >= 15 is 0 Å². The van der Waals surface area contributed by atoms with E-state index in [4.69, 9.17) is 21.2 Å². The fraction of sp³-hybridized carbons (Fsp3) is 0.194. The molecule has 0 aliphatic heterocycles. The van der Waals surface area contributed by atoms with Gasteiger partial charge in [-0.25, -0.2) is 4.98 Å². The summed E-state index contributed by atoms with van der Waals surface area (Å²) in [6, 6.07) is 19.4. The lowest BCUT2D eigenvalue weighted by molar-refractivity contribution is 0.407. The molecule has 0 saturated carbocycles. The van der Waals surface area contributed by atoms with Crippen LogP contribution in [0.4, 0.5) is 0 Å². The summed E-state index contributed by atoms with van der Waals surface area (Å²) in [6.45, 7) is 6.66. The van der Waals surface area contributed by atoms with E-state index in [1.807, 2.05) is 66.2 Å². The Morgan fingerprint density at radius 2 is 1.84 bits per heavy atom. The minimum atomic E-state index is -0.231. The summed E-state index contributed by atoms with van der Waals surface area (Å²) in [5.74, 6) is 4.22. The highest BCUT2D eigenvalue weighted by Gasteiger charge is 2.18. The lowest BCUT2D eigenvalue weighted by atomic mass is 9.96. The molecular weight excluding hydrogens is 460 g/mol. The number of benzene rings is 3. The maximum Gasteiger partial charge on any atom is 0.282 e. The molecule has 0 unspecified atom stereocenters.